The molecule has 0 spiro atoms. The number of anilines is 3. The second kappa shape index (κ2) is 9.30. The molecule has 5 N–H and O–H groups in total. The monoisotopic (exact) mass is 453 g/mol. The first-order valence-corrected chi connectivity index (χ1v) is 11.8. The summed E-state index contributed by atoms with van der Waals surface area (Å²) in [6.45, 7) is 6.78. The Bertz CT molecular complexity index is 1100. The Balaban J connectivity index is 1.57. The van der Waals surface area contributed by atoms with Gasteiger partial charge in [0.05, 0.1) is 6.20 Å². The molecule has 2 aromatic heterocycles. The summed E-state index contributed by atoms with van der Waals surface area (Å²) < 4.78 is 1.80. The minimum atomic E-state index is -0.321. The Labute approximate surface area is 192 Å². The molecule has 4 rings (SSSR count). The van der Waals surface area contributed by atoms with Crippen molar-refractivity contribution < 1.29 is 4.79 Å². The van der Waals surface area contributed by atoms with Gasteiger partial charge in [-0.2, -0.15) is 5.10 Å². The highest BCUT2D eigenvalue weighted by atomic mass is 32.1. The van der Waals surface area contributed by atoms with Crippen LogP contribution in [0.25, 0.3) is 10.6 Å². The maximum atomic E-state index is 13.1. The van der Waals surface area contributed by atoms with Crippen LogP contribution in [-0.4, -0.2) is 40.3 Å². The third-order valence-corrected chi connectivity index (χ3v) is 7.00. The topological polar surface area (TPSA) is 115 Å². The molecule has 0 saturated carbocycles. The first-order valence-electron chi connectivity index (χ1n) is 11.0. The standard InChI is InChI=1S/C23H31N7OS/c1-14(2)16-6-4-5-7-17(16)22-28-19(20(25)32-22)21(31)27-18-13-26-29(3)23(18)30-10-8-15(12-24)9-11-30/h4-7,13-15H,8-12,24-25H2,1-3H3,(H,27,31). The molecule has 0 bridgehead atoms. The van der Waals surface area contributed by atoms with Crippen LogP contribution in [0.15, 0.2) is 30.5 Å². The predicted molar refractivity (Wildman–Crippen MR) is 131 cm³/mol. The van der Waals surface area contributed by atoms with Crippen molar-refractivity contribution in [3.63, 3.8) is 0 Å². The fraction of sp³-hybridized carbons (Fsp3) is 0.435. The quantitative estimate of drug-likeness (QED) is 0.524. The lowest BCUT2D eigenvalue weighted by atomic mass is 9.97. The van der Waals surface area contributed by atoms with E-state index in [-0.39, 0.29) is 11.6 Å². The summed E-state index contributed by atoms with van der Waals surface area (Å²) >= 11 is 1.34. The average Bonchev–Trinajstić information content (AvgIpc) is 3.36. The van der Waals surface area contributed by atoms with Gasteiger partial charge in [-0.1, -0.05) is 49.4 Å². The lowest BCUT2D eigenvalue weighted by Gasteiger charge is -2.33. The van der Waals surface area contributed by atoms with Crippen LogP contribution in [0.5, 0.6) is 0 Å². The number of hydrogen-bond acceptors (Lipinski definition) is 7. The maximum absolute atomic E-state index is 13.1. The molecule has 3 aromatic rings. The number of aryl methyl sites for hydroxylation is 1. The molecule has 32 heavy (non-hydrogen) atoms. The van der Waals surface area contributed by atoms with E-state index in [9.17, 15) is 4.79 Å². The van der Waals surface area contributed by atoms with E-state index in [0.717, 1.165) is 42.3 Å². The van der Waals surface area contributed by atoms with E-state index < -0.39 is 0 Å². The van der Waals surface area contributed by atoms with Gasteiger partial charge in [0.25, 0.3) is 5.91 Å². The summed E-state index contributed by atoms with van der Waals surface area (Å²) in [5.41, 5.74) is 15.2. The number of carbonyl (C=O) groups is 1. The van der Waals surface area contributed by atoms with E-state index >= 15 is 0 Å². The molecular formula is C23H31N7OS. The van der Waals surface area contributed by atoms with Crippen molar-refractivity contribution in [1.29, 1.82) is 0 Å². The van der Waals surface area contributed by atoms with Crippen LogP contribution >= 0.6 is 11.3 Å². The number of nitrogens with two attached hydrogens (primary N) is 2. The number of piperidine rings is 1. The first kappa shape index (κ1) is 22.3. The highest BCUT2D eigenvalue weighted by molar-refractivity contribution is 7.19. The Morgan fingerprint density at radius 1 is 1.28 bits per heavy atom. The normalized spacial score (nSPS) is 14.8. The molecule has 9 heteroatoms. The third kappa shape index (κ3) is 4.35. The van der Waals surface area contributed by atoms with Crippen molar-refractivity contribution in [2.45, 2.75) is 32.6 Å². The van der Waals surface area contributed by atoms with Crippen LogP contribution in [0.2, 0.25) is 0 Å². The van der Waals surface area contributed by atoms with Crippen molar-refractivity contribution in [3.8, 4) is 10.6 Å². The fourth-order valence-electron chi connectivity index (χ4n) is 4.26. The Morgan fingerprint density at radius 3 is 2.69 bits per heavy atom. The summed E-state index contributed by atoms with van der Waals surface area (Å²) in [5, 5.41) is 8.52. The predicted octanol–water partition coefficient (Wildman–Crippen LogP) is 3.68. The Morgan fingerprint density at radius 2 is 2.00 bits per heavy atom. The van der Waals surface area contributed by atoms with Crippen molar-refractivity contribution in [2.75, 3.05) is 35.6 Å². The van der Waals surface area contributed by atoms with Gasteiger partial charge in [-0.3, -0.25) is 9.48 Å². The highest BCUT2D eigenvalue weighted by Crippen LogP contribution is 2.36. The van der Waals surface area contributed by atoms with Crippen LogP contribution < -0.4 is 21.7 Å². The number of amides is 1. The summed E-state index contributed by atoms with van der Waals surface area (Å²) in [6, 6.07) is 8.12. The first-order chi connectivity index (χ1) is 15.4. The molecular weight excluding hydrogens is 422 g/mol. The van der Waals surface area contributed by atoms with Gasteiger partial charge in [0.1, 0.15) is 15.7 Å². The lowest BCUT2D eigenvalue weighted by Crippen LogP contribution is -2.37. The van der Waals surface area contributed by atoms with Gasteiger partial charge in [0.15, 0.2) is 11.5 Å². The average molecular weight is 454 g/mol. The number of benzene rings is 1. The third-order valence-electron chi connectivity index (χ3n) is 6.08. The molecule has 1 aliphatic heterocycles. The zero-order valence-corrected chi connectivity index (χ0v) is 19.7. The zero-order valence-electron chi connectivity index (χ0n) is 18.8. The van der Waals surface area contributed by atoms with Crippen molar-refractivity contribution >= 4 is 33.8 Å². The summed E-state index contributed by atoms with van der Waals surface area (Å²) in [7, 11) is 1.89. The molecule has 1 amide bonds. The van der Waals surface area contributed by atoms with Gasteiger partial charge in [0, 0.05) is 25.7 Å². The van der Waals surface area contributed by atoms with Crippen LogP contribution in [0.1, 0.15) is 48.7 Å². The van der Waals surface area contributed by atoms with Gasteiger partial charge in [-0.05, 0) is 36.8 Å². The molecule has 0 radical (unpaired) electrons. The number of nitrogen functional groups attached to an aromatic ring is 1. The molecule has 1 fully saturated rings. The molecule has 170 valence electrons. The molecule has 0 aliphatic carbocycles. The number of carbonyl (C=O) groups excluding carboxylic acids is 1. The minimum Gasteiger partial charge on any atom is -0.389 e. The van der Waals surface area contributed by atoms with Gasteiger partial charge in [0.2, 0.25) is 0 Å². The van der Waals surface area contributed by atoms with Crippen molar-refractivity contribution in [3.05, 3.63) is 41.7 Å². The molecule has 3 heterocycles. The van der Waals surface area contributed by atoms with E-state index in [1.165, 1.54) is 16.9 Å². The zero-order chi connectivity index (χ0) is 22.8. The molecule has 0 unspecified atom stereocenters. The molecule has 1 saturated heterocycles. The molecule has 1 aromatic carbocycles. The number of thiazole rings is 1. The summed E-state index contributed by atoms with van der Waals surface area (Å²) in [6.07, 6.45) is 3.75. The second-order valence-electron chi connectivity index (χ2n) is 8.60. The van der Waals surface area contributed by atoms with E-state index in [0.29, 0.717) is 29.1 Å². The Kier molecular flexibility index (Phi) is 6.48. The number of hydrogen-bond donors (Lipinski definition) is 3. The summed E-state index contributed by atoms with van der Waals surface area (Å²) in [5.74, 6) is 1.47. The number of nitrogens with one attached hydrogen (secondary N) is 1. The minimum absolute atomic E-state index is 0.250. The second-order valence-corrected chi connectivity index (χ2v) is 9.63. The largest absolute Gasteiger partial charge is 0.389 e. The van der Waals surface area contributed by atoms with Crippen LogP contribution in [0.3, 0.4) is 0 Å². The number of rotatable bonds is 6. The highest BCUT2D eigenvalue weighted by Gasteiger charge is 2.25. The molecule has 8 nitrogen and oxygen atoms in total. The van der Waals surface area contributed by atoms with Gasteiger partial charge in [-0.25, -0.2) is 4.98 Å². The molecule has 1 aliphatic rings. The lowest BCUT2D eigenvalue weighted by molar-refractivity contribution is 0.102. The SMILES string of the molecule is CC(C)c1ccccc1-c1nc(C(=O)Nc2cnn(C)c2N2CCC(CN)CC2)c(N)s1. The van der Waals surface area contributed by atoms with Crippen LogP contribution in [0, 0.1) is 5.92 Å². The van der Waals surface area contributed by atoms with E-state index in [1.807, 2.05) is 25.2 Å². The van der Waals surface area contributed by atoms with Gasteiger partial charge >= 0.3 is 0 Å². The maximum Gasteiger partial charge on any atom is 0.277 e. The van der Waals surface area contributed by atoms with E-state index in [1.54, 1.807) is 10.9 Å². The number of aromatic nitrogens is 3. The van der Waals surface area contributed by atoms with E-state index in [4.69, 9.17) is 11.5 Å². The summed E-state index contributed by atoms with van der Waals surface area (Å²) in [4.78, 5) is 20.0. The van der Waals surface area contributed by atoms with Crippen molar-refractivity contribution in [2.24, 2.45) is 18.7 Å². The van der Waals surface area contributed by atoms with Crippen LogP contribution in [-0.2, 0) is 7.05 Å². The smallest absolute Gasteiger partial charge is 0.277 e. The van der Waals surface area contributed by atoms with Gasteiger partial charge < -0.3 is 21.7 Å². The van der Waals surface area contributed by atoms with Crippen molar-refractivity contribution in [1.82, 2.24) is 14.8 Å². The Hall–Kier alpha value is -2.91. The molecule has 0 atom stereocenters. The van der Waals surface area contributed by atoms with E-state index in [2.05, 4.69) is 40.2 Å². The number of nitrogens with zero attached hydrogens (tertiary/aromatic N) is 4. The van der Waals surface area contributed by atoms with Crippen LogP contribution in [0.4, 0.5) is 16.5 Å². The fourth-order valence-corrected chi connectivity index (χ4v) is 5.14. The van der Waals surface area contributed by atoms with Gasteiger partial charge in [-0.15, -0.1) is 0 Å².